The highest BCUT2D eigenvalue weighted by atomic mass is 32.1. The molecule has 0 saturated heterocycles. The third-order valence-electron chi connectivity index (χ3n) is 2.79. The maximum absolute atomic E-state index is 13.4. The van der Waals surface area contributed by atoms with Gasteiger partial charge in [-0.25, -0.2) is 0 Å². The van der Waals surface area contributed by atoms with Crippen LogP contribution in [0.25, 0.3) is 0 Å². The largest absolute Gasteiger partial charge is 0.305 e. The number of thiophene rings is 1. The highest BCUT2D eigenvalue weighted by molar-refractivity contribution is 7.10. The monoisotopic (exact) mass is 280 g/mol. The van der Waals surface area contributed by atoms with Crippen molar-refractivity contribution in [1.82, 2.24) is 5.32 Å². The SMILES string of the molecule is C[C@@H](NCc1ccc([N+](=O)[O-])c(F)c1)c1cccs1. The number of nitro benzene ring substituents is 1. The van der Waals surface area contributed by atoms with Gasteiger partial charge in [-0.1, -0.05) is 12.1 Å². The van der Waals surface area contributed by atoms with Gasteiger partial charge in [0.05, 0.1) is 4.92 Å². The molecule has 6 heteroatoms. The third-order valence-corrected chi connectivity index (χ3v) is 3.85. The van der Waals surface area contributed by atoms with E-state index in [0.717, 1.165) is 0 Å². The average Bonchev–Trinajstić information content (AvgIpc) is 2.89. The second-order valence-corrected chi connectivity index (χ2v) is 5.14. The predicted octanol–water partition coefficient (Wildman–Crippen LogP) is 3.65. The quantitative estimate of drug-likeness (QED) is 0.672. The van der Waals surface area contributed by atoms with Crippen molar-refractivity contribution in [3.8, 4) is 0 Å². The summed E-state index contributed by atoms with van der Waals surface area (Å²) in [5, 5.41) is 15.8. The molecule has 19 heavy (non-hydrogen) atoms. The van der Waals surface area contributed by atoms with Crippen LogP contribution in [0.3, 0.4) is 0 Å². The minimum atomic E-state index is -0.798. The highest BCUT2D eigenvalue weighted by Crippen LogP contribution is 2.20. The molecule has 0 aliphatic heterocycles. The highest BCUT2D eigenvalue weighted by Gasteiger charge is 2.14. The summed E-state index contributed by atoms with van der Waals surface area (Å²) in [6.45, 7) is 2.49. The van der Waals surface area contributed by atoms with Crippen LogP contribution in [0.2, 0.25) is 0 Å². The van der Waals surface area contributed by atoms with E-state index in [4.69, 9.17) is 0 Å². The molecule has 1 aromatic heterocycles. The summed E-state index contributed by atoms with van der Waals surface area (Å²) >= 11 is 1.65. The lowest BCUT2D eigenvalue weighted by atomic mass is 10.2. The van der Waals surface area contributed by atoms with Crippen LogP contribution >= 0.6 is 11.3 Å². The Kier molecular flexibility index (Phi) is 4.24. The lowest BCUT2D eigenvalue weighted by Crippen LogP contribution is -2.17. The van der Waals surface area contributed by atoms with E-state index in [-0.39, 0.29) is 6.04 Å². The average molecular weight is 280 g/mol. The summed E-state index contributed by atoms with van der Waals surface area (Å²) in [7, 11) is 0. The first kappa shape index (κ1) is 13.6. The van der Waals surface area contributed by atoms with E-state index in [1.165, 1.54) is 17.0 Å². The molecule has 0 amide bonds. The van der Waals surface area contributed by atoms with Crippen LogP contribution in [-0.2, 0) is 6.54 Å². The van der Waals surface area contributed by atoms with Gasteiger partial charge < -0.3 is 5.32 Å². The van der Waals surface area contributed by atoms with E-state index in [1.807, 2.05) is 24.4 Å². The van der Waals surface area contributed by atoms with Crippen molar-refractivity contribution in [3.63, 3.8) is 0 Å². The van der Waals surface area contributed by atoms with Crippen molar-refractivity contribution in [2.75, 3.05) is 0 Å². The molecule has 1 aromatic carbocycles. The number of hydrogen-bond donors (Lipinski definition) is 1. The van der Waals surface area contributed by atoms with Gasteiger partial charge in [0.15, 0.2) is 0 Å². The second-order valence-electron chi connectivity index (χ2n) is 4.16. The molecule has 0 saturated carbocycles. The van der Waals surface area contributed by atoms with Gasteiger partial charge in [0, 0.05) is 23.5 Å². The van der Waals surface area contributed by atoms with Gasteiger partial charge in [-0.15, -0.1) is 11.3 Å². The van der Waals surface area contributed by atoms with E-state index >= 15 is 0 Å². The fourth-order valence-corrected chi connectivity index (χ4v) is 2.48. The molecule has 0 unspecified atom stereocenters. The van der Waals surface area contributed by atoms with Crippen LogP contribution in [0.5, 0.6) is 0 Å². The Morgan fingerprint density at radius 1 is 1.47 bits per heavy atom. The number of benzene rings is 1. The molecule has 1 heterocycles. The standard InChI is InChI=1S/C13H13FN2O2S/c1-9(13-3-2-6-19-13)15-8-10-4-5-12(16(17)18)11(14)7-10/h2-7,9,15H,8H2,1H3/t9-/m1/s1. The predicted molar refractivity (Wildman–Crippen MR) is 72.6 cm³/mol. The van der Waals surface area contributed by atoms with Crippen LogP contribution in [0.4, 0.5) is 10.1 Å². The van der Waals surface area contributed by atoms with Gasteiger partial charge in [0.1, 0.15) is 0 Å². The van der Waals surface area contributed by atoms with Gasteiger partial charge in [0.25, 0.3) is 0 Å². The maximum atomic E-state index is 13.4. The van der Waals surface area contributed by atoms with Gasteiger partial charge in [-0.3, -0.25) is 10.1 Å². The fraction of sp³-hybridized carbons (Fsp3) is 0.231. The molecule has 1 N–H and O–H groups in total. The lowest BCUT2D eigenvalue weighted by molar-refractivity contribution is -0.387. The molecule has 0 aliphatic rings. The molecule has 0 fully saturated rings. The number of halogens is 1. The summed E-state index contributed by atoms with van der Waals surface area (Å²) in [6.07, 6.45) is 0. The molecule has 100 valence electrons. The molecule has 2 rings (SSSR count). The zero-order valence-corrected chi connectivity index (χ0v) is 11.1. The Hall–Kier alpha value is -1.79. The molecule has 0 spiro atoms. The first-order valence-corrected chi connectivity index (χ1v) is 6.65. The second kappa shape index (κ2) is 5.90. The minimum Gasteiger partial charge on any atom is -0.305 e. The van der Waals surface area contributed by atoms with Crippen LogP contribution in [0, 0.1) is 15.9 Å². The zero-order chi connectivity index (χ0) is 13.8. The van der Waals surface area contributed by atoms with Crippen molar-refractivity contribution in [2.24, 2.45) is 0 Å². The molecule has 1 atom stereocenters. The number of nitro groups is 1. The van der Waals surface area contributed by atoms with Crippen molar-refractivity contribution < 1.29 is 9.31 Å². The molecular formula is C13H13FN2O2S. The summed E-state index contributed by atoms with van der Waals surface area (Å²) < 4.78 is 13.4. The van der Waals surface area contributed by atoms with Gasteiger partial charge in [-0.2, -0.15) is 4.39 Å². The normalized spacial score (nSPS) is 12.3. The molecule has 2 aromatic rings. The van der Waals surface area contributed by atoms with E-state index in [0.29, 0.717) is 12.1 Å². The van der Waals surface area contributed by atoms with Gasteiger partial charge in [-0.05, 0) is 30.0 Å². The van der Waals surface area contributed by atoms with Gasteiger partial charge >= 0.3 is 5.69 Å². The molecule has 0 radical (unpaired) electrons. The van der Waals surface area contributed by atoms with Gasteiger partial charge in [0.2, 0.25) is 5.82 Å². The Bertz CT molecular complexity index is 572. The zero-order valence-electron chi connectivity index (χ0n) is 10.3. The Morgan fingerprint density at radius 3 is 2.84 bits per heavy atom. The smallest absolute Gasteiger partial charge is 0.304 e. The summed E-state index contributed by atoms with van der Waals surface area (Å²) in [4.78, 5) is 11.0. The number of nitrogens with zero attached hydrogens (tertiary/aromatic N) is 1. The maximum Gasteiger partial charge on any atom is 0.304 e. The van der Waals surface area contributed by atoms with E-state index < -0.39 is 16.4 Å². The first-order chi connectivity index (χ1) is 9.08. The number of rotatable bonds is 5. The third kappa shape index (κ3) is 3.36. The fourth-order valence-electron chi connectivity index (χ4n) is 1.72. The van der Waals surface area contributed by atoms with Crippen LogP contribution in [-0.4, -0.2) is 4.92 Å². The van der Waals surface area contributed by atoms with E-state index in [2.05, 4.69) is 5.32 Å². The Morgan fingerprint density at radius 2 is 2.26 bits per heavy atom. The van der Waals surface area contributed by atoms with Crippen molar-refractivity contribution >= 4 is 17.0 Å². The Balaban J connectivity index is 2.00. The summed E-state index contributed by atoms with van der Waals surface area (Å²) in [6, 6.07) is 8.13. The summed E-state index contributed by atoms with van der Waals surface area (Å²) in [5.41, 5.74) is 0.196. The number of hydrogen-bond acceptors (Lipinski definition) is 4. The van der Waals surface area contributed by atoms with Crippen molar-refractivity contribution in [2.45, 2.75) is 19.5 Å². The van der Waals surface area contributed by atoms with Crippen molar-refractivity contribution in [1.29, 1.82) is 0 Å². The molecular weight excluding hydrogens is 267 g/mol. The van der Waals surface area contributed by atoms with Crippen molar-refractivity contribution in [3.05, 3.63) is 62.1 Å². The molecule has 0 bridgehead atoms. The number of nitrogens with one attached hydrogen (secondary N) is 1. The summed E-state index contributed by atoms with van der Waals surface area (Å²) in [5.74, 6) is -0.798. The van der Waals surface area contributed by atoms with E-state index in [9.17, 15) is 14.5 Å². The topological polar surface area (TPSA) is 55.2 Å². The molecule has 4 nitrogen and oxygen atoms in total. The molecule has 0 aliphatic carbocycles. The minimum absolute atomic E-state index is 0.165. The van der Waals surface area contributed by atoms with Crippen LogP contribution in [0.15, 0.2) is 35.7 Å². The van der Waals surface area contributed by atoms with Crippen LogP contribution < -0.4 is 5.32 Å². The first-order valence-electron chi connectivity index (χ1n) is 5.77. The lowest BCUT2D eigenvalue weighted by Gasteiger charge is -2.12. The Labute approximate surface area is 114 Å². The van der Waals surface area contributed by atoms with Crippen LogP contribution in [0.1, 0.15) is 23.4 Å². The van der Waals surface area contributed by atoms with E-state index in [1.54, 1.807) is 17.4 Å².